The fraction of sp³-hybridized carbons (Fsp3) is 0.364. The molecule has 0 spiro atoms. The maximum Gasteiger partial charge on any atom is 0.243 e. The molecule has 1 aliphatic heterocycles. The van der Waals surface area contributed by atoms with Crippen LogP contribution in [0.25, 0.3) is 11.0 Å². The van der Waals surface area contributed by atoms with Crippen molar-refractivity contribution in [3.8, 4) is 0 Å². The SMILES string of the molecule is Cc1nc2ccccc2nc1N1CCN(S(=O)(=O)c2ccc(C(C)C)cc2)CC1. The summed E-state index contributed by atoms with van der Waals surface area (Å²) in [6.45, 7) is 8.20. The molecular formula is C22H26N4O2S. The van der Waals surface area contributed by atoms with Crippen LogP contribution in [-0.4, -0.2) is 48.9 Å². The van der Waals surface area contributed by atoms with Crippen LogP contribution in [0.15, 0.2) is 53.4 Å². The lowest BCUT2D eigenvalue weighted by atomic mass is 10.0. The van der Waals surface area contributed by atoms with Crippen molar-refractivity contribution in [3.63, 3.8) is 0 Å². The maximum absolute atomic E-state index is 13.0. The van der Waals surface area contributed by atoms with Crippen molar-refractivity contribution in [3.05, 3.63) is 59.8 Å². The van der Waals surface area contributed by atoms with Gasteiger partial charge in [-0.3, -0.25) is 0 Å². The van der Waals surface area contributed by atoms with Crippen LogP contribution < -0.4 is 4.90 Å². The second kappa shape index (κ2) is 7.72. The summed E-state index contributed by atoms with van der Waals surface area (Å²) in [7, 11) is -3.48. The third-order valence-electron chi connectivity index (χ3n) is 5.44. The summed E-state index contributed by atoms with van der Waals surface area (Å²) in [5.41, 5.74) is 3.73. The van der Waals surface area contributed by atoms with Gasteiger partial charge in [-0.25, -0.2) is 18.4 Å². The van der Waals surface area contributed by atoms with Gasteiger partial charge in [0.2, 0.25) is 10.0 Å². The van der Waals surface area contributed by atoms with Crippen LogP contribution in [0.1, 0.15) is 31.0 Å². The van der Waals surface area contributed by atoms with Crippen molar-refractivity contribution in [2.75, 3.05) is 31.1 Å². The number of benzene rings is 2. The molecule has 7 heteroatoms. The third-order valence-corrected chi connectivity index (χ3v) is 7.36. The van der Waals surface area contributed by atoms with Crippen molar-refractivity contribution >= 4 is 26.9 Å². The van der Waals surface area contributed by atoms with Crippen molar-refractivity contribution in [1.29, 1.82) is 0 Å². The Kier molecular flexibility index (Phi) is 5.27. The van der Waals surface area contributed by atoms with Gasteiger partial charge >= 0.3 is 0 Å². The predicted molar refractivity (Wildman–Crippen MR) is 116 cm³/mol. The molecule has 6 nitrogen and oxygen atoms in total. The number of hydrogen-bond donors (Lipinski definition) is 0. The molecule has 152 valence electrons. The number of para-hydroxylation sites is 2. The minimum atomic E-state index is -3.48. The lowest BCUT2D eigenvalue weighted by molar-refractivity contribution is 0.383. The van der Waals surface area contributed by atoms with Crippen molar-refractivity contribution in [1.82, 2.24) is 14.3 Å². The molecule has 2 aromatic carbocycles. The molecular weight excluding hydrogens is 384 g/mol. The number of piperazine rings is 1. The lowest BCUT2D eigenvalue weighted by Crippen LogP contribution is -2.49. The molecule has 0 bridgehead atoms. The van der Waals surface area contributed by atoms with Crippen LogP contribution >= 0.6 is 0 Å². The zero-order valence-corrected chi connectivity index (χ0v) is 17.9. The first-order chi connectivity index (χ1) is 13.9. The lowest BCUT2D eigenvalue weighted by Gasteiger charge is -2.35. The summed E-state index contributed by atoms with van der Waals surface area (Å²) in [6.07, 6.45) is 0. The van der Waals surface area contributed by atoms with E-state index in [1.807, 2.05) is 43.3 Å². The van der Waals surface area contributed by atoms with Gasteiger partial charge in [0, 0.05) is 26.2 Å². The van der Waals surface area contributed by atoms with E-state index < -0.39 is 10.0 Å². The monoisotopic (exact) mass is 410 g/mol. The van der Waals surface area contributed by atoms with Gasteiger partial charge in [-0.15, -0.1) is 0 Å². The summed E-state index contributed by atoms with van der Waals surface area (Å²) in [5.74, 6) is 1.21. The van der Waals surface area contributed by atoms with Crippen LogP contribution in [0.2, 0.25) is 0 Å². The fourth-order valence-corrected chi connectivity index (χ4v) is 5.11. The molecule has 0 unspecified atom stereocenters. The first-order valence-electron chi connectivity index (χ1n) is 9.95. The smallest absolute Gasteiger partial charge is 0.243 e. The molecule has 2 heterocycles. The van der Waals surface area contributed by atoms with E-state index in [1.54, 1.807) is 16.4 Å². The number of anilines is 1. The highest BCUT2D eigenvalue weighted by molar-refractivity contribution is 7.89. The Morgan fingerprint density at radius 2 is 1.45 bits per heavy atom. The third kappa shape index (κ3) is 3.84. The predicted octanol–water partition coefficient (Wildman–Crippen LogP) is 3.57. The Bertz CT molecular complexity index is 1120. The van der Waals surface area contributed by atoms with E-state index in [9.17, 15) is 8.42 Å². The molecule has 0 aliphatic carbocycles. The first-order valence-corrected chi connectivity index (χ1v) is 11.4. The van der Waals surface area contributed by atoms with Crippen LogP contribution in [0, 0.1) is 6.92 Å². The van der Waals surface area contributed by atoms with Gasteiger partial charge in [0.15, 0.2) is 5.82 Å². The van der Waals surface area contributed by atoms with Crippen LogP contribution in [0.4, 0.5) is 5.82 Å². The number of hydrogen-bond acceptors (Lipinski definition) is 5. The molecule has 1 aliphatic rings. The van der Waals surface area contributed by atoms with E-state index in [0.717, 1.165) is 28.1 Å². The van der Waals surface area contributed by atoms with Crippen LogP contribution in [0.3, 0.4) is 0 Å². The van der Waals surface area contributed by atoms with Gasteiger partial charge < -0.3 is 4.90 Å². The molecule has 0 N–H and O–H groups in total. The van der Waals surface area contributed by atoms with E-state index in [1.165, 1.54) is 0 Å². The molecule has 4 rings (SSSR count). The van der Waals surface area contributed by atoms with E-state index in [-0.39, 0.29) is 0 Å². The van der Waals surface area contributed by atoms with E-state index in [2.05, 4.69) is 23.7 Å². The summed E-state index contributed by atoms with van der Waals surface area (Å²) in [6, 6.07) is 15.1. The zero-order valence-electron chi connectivity index (χ0n) is 17.0. The van der Waals surface area contributed by atoms with Crippen LogP contribution in [0.5, 0.6) is 0 Å². The zero-order chi connectivity index (χ0) is 20.6. The second-order valence-electron chi connectivity index (χ2n) is 7.74. The number of aryl methyl sites for hydroxylation is 1. The number of rotatable bonds is 4. The highest BCUT2D eigenvalue weighted by atomic mass is 32.2. The molecule has 0 saturated carbocycles. The highest BCUT2D eigenvalue weighted by Crippen LogP contribution is 2.24. The molecule has 1 saturated heterocycles. The summed E-state index contributed by atoms with van der Waals surface area (Å²) < 4.78 is 27.6. The topological polar surface area (TPSA) is 66.4 Å². The average Bonchev–Trinajstić information content (AvgIpc) is 2.73. The average molecular weight is 411 g/mol. The Balaban J connectivity index is 1.51. The Labute approximate surface area is 172 Å². The summed E-state index contributed by atoms with van der Waals surface area (Å²) in [5, 5.41) is 0. The molecule has 0 amide bonds. The minimum absolute atomic E-state index is 0.358. The largest absolute Gasteiger partial charge is 0.352 e. The van der Waals surface area contributed by atoms with Crippen molar-refractivity contribution < 1.29 is 8.42 Å². The van der Waals surface area contributed by atoms with Gasteiger partial charge in [-0.1, -0.05) is 38.1 Å². The number of aromatic nitrogens is 2. The molecule has 1 aromatic heterocycles. The van der Waals surface area contributed by atoms with Crippen molar-refractivity contribution in [2.24, 2.45) is 0 Å². The van der Waals surface area contributed by atoms with Crippen molar-refractivity contribution in [2.45, 2.75) is 31.6 Å². The Morgan fingerprint density at radius 1 is 0.862 bits per heavy atom. The Morgan fingerprint density at radius 3 is 2.03 bits per heavy atom. The number of sulfonamides is 1. The van der Waals surface area contributed by atoms with Gasteiger partial charge in [0.1, 0.15) is 0 Å². The summed E-state index contributed by atoms with van der Waals surface area (Å²) >= 11 is 0. The normalized spacial score (nSPS) is 15.9. The highest BCUT2D eigenvalue weighted by Gasteiger charge is 2.29. The van der Waals surface area contributed by atoms with Gasteiger partial charge in [-0.05, 0) is 42.7 Å². The molecule has 3 aromatic rings. The second-order valence-corrected chi connectivity index (χ2v) is 9.67. The Hall–Kier alpha value is -2.51. The van der Waals surface area contributed by atoms with Gasteiger partial charge in [0.05, 0.1) is 21.6 Å². The number of nitrogens with zero attached hydrogens (tertiary/aromatic N) is 4. The first kappa shape index (κ1) is 19.8. The van der Waals surface area contributed by atoms with Gasteiger partial charge in [0.25, 0.3) is 0 Å². The van der Waals surface area contributed by atoms with E-state index >= 15 is 0 Å². The molecule has 0 radical (unpaired) electrons. The van der Waals surface area contributed by atoms with E-state index in [0.29, 0.717) is 37.0 Å². The minimum Gasteiger partial charge on any atom is -0.352 e. The molecule has 1 fully saturated rings. The van der Waals surface area contributed by atoms with Gasteiger partial charge in [-0.2, -0.15) is 4.31 Å². The fourth-order valence-electron chi connectivity index (χ4n) is 3.69. The number of fused-ring (bicyclic) bond motifs is 1. The quantitative estimate of drug-likeness (QED) is 0.658. The van der Waals surface area contributed by atoms with Crippen LogP contribution in [-0.2, 0) is 10.0 Å². The van der Waals surface area contributed by atoms with E-state index in [4.69, 9.17) is 4.98 Å². The summed E-state index contributed by atoms with van der Waals surface area (Å²) in [4.78, 5) is 11.9. The maximum atomic E-state index is 13.0. The standard InChI is InChI=1S/C22H26N4O2S/c1-16(2)18-8-10-19(11-9-18)29(27,28)26-14-12-25(13-15-26)22-17(3)23-20-6-4-5-7-21(20)24-22/h4-11,16H,12-15H2,1-3H3. The molecule has 29 heavy (non-hydrogen) atoms. The molecule has 0 atom stereocenters.